The van der Waals surface area contributed by atoms with E-state index in [0.29, 0.717) is 6.54 Å². The molecule has 1 atom stereocenters. The number of hydrogen-bond acceptors (Lipinski definition) is 3. The van der Waals surface area contributed by atoms with E-state index in [1.54, 1.807) is 7.11 Å². The highest BCUT2D eigenvalue weighted by atomic mass is 19.1. The average molecular weight is 317 g/mol. The van der Waals surface area contributed by atoms with E-state index < -0.39 is 5.82 Å². The van der Waals surface area contributed by atoms with Crippen LogP contribution in [-0.2, 0) is 4.74 Å². The van der Waals surface area contributed by atoms with Crippen LogP contribution >= 0.6 is 0 Å². The fourth-order valence-corrected chi connectivity index (χ4v) is 2.36. The predicted molar refractivity (Wildman–Crippen MR) is 86.2 cm³/mol. The van der Waals surface area contributed by atoms with Crippen LogP contribution in [0.25, 0.3) is 0 Å². The summed E-state index contributed by atoms with van der Waals surface area (Å²) in [5.74, 6) is -0.819. The quantitative estimate of drug-likeness (QED) is 0.889. The zero-order chi connectivity index (χ0) is 16.8. The molecule has 0 spiro atoms. The Bertz CT molecular complexity index is 688. The van der Waals surface area contributed by atoms with Gasteiger partial charge < -0.3 is 14.8 Å². The summed E-state index contributed by atoms with van der Waals surface area (Å²) in [6, 6.07) is 11.9. The van der Waals surface area contributed by atoms with Crippen molar-refractivity contribution in [3.8, 4) is 5.75 Å². The average Bonchev–Trinajstić information content (AvgIpc) is 2.56. The summed E-state index contributed by atoms with van der Waals surface area (Å²) in [4.78, 5) is 12.2. The second-order valence-corrected chi connectivity index (χ2v) is 5.14. The van der Waals surface area contributed by atoms with E-state index in [9.17, 15) is 9.18 Å². The molecule has 0 aliphatic heterocycles. The molecule has 23 heavy (non-hydrogen) atoms. The standard InChI is InChI=1S/C18H20FNO3/c1-12-6-4-5-7-14(12)17(23-3)11-20-18(21)13-8-9-16(22-2)15(19)10-13/h4-10,17H,11H2,1-3H3,(H,20,21)/t17-/m0/s1. The minimum Gasteiger partial charge on any atom is -0.494 e. The highest BCUT2D eigenvalue weighted by molar-refractivity contribution is 5.94. The number of hydrogen-bond donors (Lipinski definition) is 1. The summed E-state index contributed by atoms with van der Waals surface area (Å²) >= 11 is 0. The number of benzene rings is 2. The largest absolute Gasteiger partial charge is 0.494 e. The number of rotatable bonds is 6. The monoisotopic (exact) mass is 317 g/mol. The molecule has 0 saturated carbocycles. The van der Waals surface area contributed by atoms with Gasteiger partial charge in [0.05, 0.1) is 13.2 Å². The number of aryl methyl sites for hydroxylation is 1. The van der Waals surface area contributed by atoms with Crippen molar-refractivity contribution in [2.75, 3.05) is 20.8 Å². The molecule has 1 N–H and O–H groups in total. The Kier molecular flexibility index (Phi) is 5.71. The molecule has 2 rings (SSSR count). The van der Waals surface area contributed by atoms with Crippen LogP contribution in [0.1, 0.15) is 27.6 Å². The molecule has 2 aromatic rings. The molecular weight excluding hydrogens is 297 g/mol. The van der Waals surface area contributed by atoms with Gasteiger partial charge in [0, 0.05) is 19.2 Å². The zero-order valence-electron chi connectivity index (χ0n) is 13.4. The van der Waals surface area contributed by atoms with Gasteiger partial charge >= 0.3 is 0 Å². The van der Waals surface area contributed by atoms with Crippen molar-refractivity contribution in [2.45, 2.75) is 13.0 Å². The van der Waals surface area contributed by atoms with Gasteiger partial charge in [-0.3, -0.25) is 4.79 Å². The van der Waals surface area contributed by atoms with E-state index in [1.807, 2.05) is 31.2 Å². The van der Waals surface area contributed by atoms with Gasteiger partial charge in [0.25, 0.3) is 5.91 Å². The number of nitrogens with one attached hydrogen (secondary N) is 1. The molecule has 0 saturated heterocycles. The van der Waals surface area contributed by atoms with Crippen LogP contribution in [0.4, 0.5) is 4.39 Å². The van der Waals surface area contributed by atoms with Gasteiger partial charge in [-0.2, -0.15) is 0 Å². The molecule has 0 unspecified atom stereocenters. The fraction of sp³-hybridized carbons (Fsp3) is 0.278. The first-order valence-electron chi connectivity index (χ1n) is 7.27. The van der Waals surface area contributed by atoms with E-state index in [-0.39, 0.29) is 23.3 Å². The molecule has 1 amide bonds. The first-order valence-corrected chi connectivity index (χ1v) is 7.27. The summed E-state index contributed by atoms with van der Waals surface area (Å²) in [6.07, 6.45) is -0.261. The van der Waals surface area contributed by atoms with Gasteiger partial charge in [-0.05, 0) is 36.2 Å². The molecule has 5 heteroatoms. The van der Waals surface area contributed by atoms with E-state index in [2.05, 4.69) is 5.32 Å². The number of methoxy groups -OCH3 is 2. The SMILES string of the molecule is COc1ccc(C(=O)NC[C@H](OC)c2ccccc2C)cc1F. The highest BCUT2D eigenvalue weighted by Gasteiger charge is 2.15. The zero-order valence-corrected chi connectivity index (χ0v) is 13.4. The first-order chi connectivity index (χ1) is 11.1. The maximum atomic E-state index is 13.7. The maximum absolute atomic E-state index is 13.7. The lowest BCUT2D eigenvalue weighted by Gasteiger charge is -2.18. The molecule has 4 nitrogen and oxygen atoms in total. The lowest BCUT2D eigenvalue weighted by Crippen LogP contribution is -2.29. The molecule has 0 heterocycles. The van der Waals surface area contributed by atoms with Crippen molar-refractivity contribution >= 4 is 5.91 Å². The Labute approximate surface area is 135 Å². The number of amides is 1. The summed E-state index contributed by atoms with van der Waals surface area (Å²) in [5, 5.41) is 2.77. The van der Waals surface area contributed by atoms with Crippen LogP contribution in [0.2, 0.25) is 0 Å². The summed E-state index contributed by atoms with van der Waals surface area (Å²) in [5.41, 5.74) is 2.34. The van der Waals surface area contributed by atoms with Crippen molar-refractivity contribution in [2.24, 2.45) is 0 Å². The van der Waals surface area contributed by atoms with E-state index in [1.165, 1.54) is 19.2 Å². The molecule has 2 aromatic carbocycles. The van der Waals surface area contributed by atoms with Crippen molar-refractivity contribution in [3.63, 3.8) is 0 Å². The summed E-state index contributed by atoms with van der Waals surface area (Å²) in [7, 11) is 2.97. The van der Waals surface area contributed by atoms with Crippen LogP contribution in [0.15, 0.2) is 42.5 Å². The van der Waals surface area contributed by atoms with E-state index in [4.69, 9.17) is 9.47 Å². The number of carbonyl (C=O) groups excluding carboxylic acids is 1. The Balaban J connectivity index is 2.05. The molecule has 0 bridgehead atoms. The lowest BCUT2D eigenvalue weighted by molar-refractivity contribution is 0.0825. The number of carbonyl (C=O) groups is 1. The molecule has 0 aliphatic rings. The van der Waals surface area contributed by atoms with Crippen molar-refractivity contribution < 1.29 is 18.7 Å². The van der Waals surface area contributed by atoms with Gasteiger partial charge in [0.15, 0.2) is 11.6 Å². The third-order valence-corrected chi connectivity index (χ3v) is 3.68. The molecule has 0 radical (unpaired) electrons. The molecule has 0 aromatic heterocycles. The Morgan fingerprint density at radius 3 is 2.57 bits per heavy atom. The third-order valence-electron chi connectivity index (χ3n) is 3.68. The van der Waals surface area contributed by atoms with Crippen LogP contribution in [0.5, 0.6) is 5.75 Å². The van der Waals surface area contributed by atoms with Crippen LogP contribution < -0.4 is 10.1 Å². The van der Waals surface area contributed by atoms with Gasteiger partial charge in [-0.15, -0.1) is 0 Å². The summed E-state index contributed by atoms with van der Waals surface area (Å²) < 4.78 is 24.0. The first kappa shape index (κ1) is 17.0. The van der Waals surface area contributed by atoms with Gasteiger partial charge in [-0.1, -0.05) is 24.3 Å². The summed E-state index contributed by atoms with van der Waals surface area (Å²) in [6.45, 7) is 2.29. The molecular formula is C18H20FNO3. The van der Waals surface area contributed by atoms with Crippen molar-refractivity contribution in [3.05, 3.63) is 65.0 Å². The minimum atomic E-state index is -0.567. The fourth-order valence-electron chi connectivity index (χ4n) is 2.36. The lowest BCUT2D eigenvalue weighted by atomic mass is 10.0. The number of ether oxygens (including phenoxy) is 2. The topological polar surface area (TPSA) is 47.6 Å². The Hall–Kier alpha value is -2.40. The van der Waals surface area contributed by atoms with Crippen molar-refractivity contribution in [1.82, 2.24) is 5.32 Å². The maximum Gasteiger partial charge on any atom is 0.251 e. The van der Waals surface area contributed by atoms with E-state index >= 15 is 0 Å². The second kappa shape index (κ2) is 7.74. The van der Waals surface area contributed by atoms with Crippen LogP contribution in [-0.4, -0.2) is 26.7 Å². The molecule has 0 fully saturated rings. The van der Waals surface area contributed by atoms with Crippen LogP contribution in [0, 0.1) is 12.7 Å². The van der Waals surface area contributed by atoms with Gasteiger partial charge in [0.2, 0.25) is 0 Å². The smallest absolute Gasteiger partial charge is 0.251 e. The van der Waals surface area contributed by atoms with E-state index in [0.717, 1.165) is 17.2 Å². The molecule has 122 valence electrons. The van der Waals surface area contributed by atoms with Crippen molar-refractivity contribution in [1.29, 1.82) is 0 Å². The van der Waals surface area contributed by atoms with Crippen LogP contribution in [0.3, 0.4) is 0 Å². The second-order valence-electron chi connectivity index (χ2n) is 5.14. The predicted octanol–water partition coefficient (Wildman–Crippen LogP) is 3.26. The normalized spacial score (nSPS) is 11.8. The minimum absolute atomic E-state index is 0.108. The third kappa shape index (κ3) is 4.07. The Morgan fingerprint density at radius 1 is 1.22 bits per heavy atom. The molecule has 0 aliphatic carbocycles. The van der Waals surface area contributed by atoms with Gasteiger partial charge in [-0.25, -0.2) is 4.39 Å². The highest BCUT2D eigenvalue weighted by Crippen LogP contribution is 2.20. The van der Waals surface area contributed by atoms with Gasteiger partial charge in [0.1, 0.15) is 0 Å². The number of halogens is 1. The Morgan fingerprint density at radius 2 is 1.96 bits per heavy atom.